The number of aliphatic hydroxyl groups excluding tert-OH is 1. The number of aliphatic carboxylic acids is 1. The zero-order chi connectivity index (χ0) is 13.8. The monoisotopic (exact) mass is 282 g/mol. The lowest BCUT2D eigenvalue weighted by Gasteiger charge is -2.05. The SMILES string of the molecule is O=C(NC[C@H](O)C(=O)O)c1csc(-c2ccco2)n1. The van der Waals surface area contributed by atoms with Gasteiger partial charge in [-0.05, 0) is 12.1 Å². The highest BCUT2D eigenvalue weighted by Crippen LogP contribution is 2.23. The number of thiazole rings is 1. The van der Waals surface area contributed by atoms with Crippen molar-refractivity contribution >= 4 is 23.2 Å². The first kappa shape index (κ1) is 13.2. The number of carbonyl (C=O) groups is 2. The summed E-state index contributed by atoms with van der Waals surface area (Å²) in [6.45, 7) is -0.373. The first-order valence-electron chi connectivity index (χ1n) is 5.26. The Labute approximate surface area is 111 Å². The van der Waals surface area contributed by atoms with E-state index in [2.05, 4.69) is 10.3 Å². The second-order valence-corrected chi connectivity index (χ2v) is 4.44. The first-order valence-corrected chi connectivity index (χ1v) is 6.14. The summed E-state index contributed by atoms with van der Waals surface area (Å²) >= 11 is 1.23. The fraction of sp³-hybridized carbons (Fsp3) is 0.182. The molecular weight excluding hydrogens is 272 g/mol. The maximum Gasteiger partial charge on any atom is 0.334 e. The Morgan fingerprint density at radius 1 is 1.53 bits per heavy atom. The van der Waals surface area contributed by atoms with Crippen LogP contribution in [0.5, 0.6) is 0 Å². The summed E-state index contributed by atoms with van der Waals surface area (Å²) in [4.78, 5) is 26.1. The lowest BCUT2D eigenvalue weighted by atomic mass is 10.3. The fourth-order valence-corrected chi connectivity index (χ4v) is 2.03. The molecule has 19 heavy (non-hydrogen) atoms. The highest BCUT2D eigenvalue weighted by atomic mass is 32.1. The van der Waals surface area contributed by atoms with Crippen molar-refractivity contribution in [1.29, 1.82) is 0 Å². The van der Waals surface area contributed by atoms with Crippen LogP contribution in [-0.2, 0) is 4.79 Å². The number of hydrogen-bond acceptors (Lipinski definition) is 6. The number of carboxylic acids is 1. The molecular formula is C11H10N2O5S. The van der Waals surface area contributed by atoms with Crippen molar-refractivity contribution in [2.24, 2.45) is 0 Å². The Kier molecular flexibility index (Phi) is 3.93. The maximum atomic E-state index is 11.7. The maximum absolute atomic E-state index is 11.7. The molecule has 7 nitrogen and oxygen atoms in total. The minimum absolute atomic E-state index is 0.147. The molecule has 2 aromatic rings. The number of amides is 1. The van der Waals surface area contributed by atoms with Crippen molar-refractivity contribution in [3.63, 3.8) is 0 Å². The number of hydrogen-bond donors (Lipinski definition) is 3. The van der Waals surface area contributed by atoms with Crippen molar-refractivity contribution in [2.75, 3.05) is 6.54 Å². The van der Waals surface area contributed by atoms with Gasteiger partial charge in [0.25, 0.3) is 5.91 Å². The van der Waals surface area contributed by atoms with E-state index in [1.807, 2.05) is 0 Å². The zero-order valence-corrected chi connectivity index (χ0v) is 10.4. The molecule has 0 saturated carbocycles. The van der Waals surface area contributed by atoms with Gasteiger partial charge in [-0.15, -0.1) is 11.3 Å². The lowest BCUT2D eigenvalue weighted by Crippen LogP contribution is -2.36. The van der Waals surface area contributed by atoms with Crippen molar-refractivity contribution in [2.45, 2.75) is 6.10 Å². The van der Waals surface area contributed by atoms with Gasteiger partial charge in [-0.2, -0.15) is 0 Å². The standard InChI is InChI=1S/C11H10N2O5S/c14-7(11(16)17)4-12-9(15)6-5-19-10(13-6)8-2-1-3-18-8/h1-3,5,7,14H,4H2,(H,12,15)(H,16,17)/t7-/m0/s1. The quantitative estimate of drug-likeness (QED) is 0.739. The number of nitrogens with zero attached hydrogens (tertiary/aromatic N) is 1. The summed E-state index contributed by atoms with van der Waals surface area (Å²) in [6, 6.07) is 3.42. The van der Waals surface area contributed by atoms with Crippen molar-refractivity contribution in [3.05, 3.63) is 29.5 Å². The predicted molar refractivity (Wildman–Crippen MR) is 65.8 cm³/mol. The van der Waals surface area contributed by atoms with E-state index in [-0.39, 0.29) is 12.2 Å². The third-order valence-electron chi connectivity index (χ3n) is 2.21. The van der Waals surface area contributed by atoms with E-state index in [1.165, 1.54) is 23.0 Å². The van der Waals surface area contributed by atoms with Crippen molar-refractivity contribution in [3.8, 4) is 10.8 Å². The number of aliphatic hydroxyl groups is 1. The van der Waals surface area contributed by atoms with Gasteiger partial charge in [0.15, 0.2) is 16.9 Å². The molecule has 2 aromatic heterocycles. The van der Waals surface area contributed by atoms with Crippen LogP contribution in [0.3, 0.4) is 0 Å². The average molecular weight is 282 g/mol. The van der Waals surface area contributed by atoms with Crippen LogP contribution in [0.2, 0.25) is 0 Å². The van der Waals surface area contributed by atoms with Crippen LogP contribution in [0.1, 0.15) is 10.5 Å². The van der Waals surface area contributed by atoms with E-state index >= 15 is 0 Å². The van der Waals surface area contributed by atoms with Gasteiger partial charge < -0.3 is 19.9 Å². The van der Waals surface area contributed by atoms with E-state index in [0.29, 0.717) is 10.8 Å². The molecule has 8 heteroatoms. The van der Waals surface area contributed by atoms with Crippen molar-refractivity contribution in [1.82, 2.24) is 10.3 Å². The number of rotatable bonds is 5. The molecule has 0 fully saturated rings. The van der Waals surface area contributed by atoms with E-state index in [1.54, 1.807) is 12.1 Å². The Bertz CT molecular complexity index is 578. The minimum Gasteiger partial charge on any atom is -0.479 e. The zero-order valence-electron chi connectivity index (χ0n) is 9.57. The van der Waals surface area contributed by atoms with E-state index < -0.39 is 18.0 Å². The molecule has 0 aliphatic carbocycles. The second kappa shape index (κ2) is 5.63. The van der Waals surface area contributed by atoms with Crippen LogP contribution in [-0.4, -0.2) is 39.7 Å². The number of nitrogens with one attached hydrogen (secondary N) is 1. The molecule has 2 heterocycles. The molecule has 100 valence electrons. The fourth-order valence-electron chi connectivity index (χ4n) is 1.26. The molecule has 1 atom stereocenters. The highest BCUT2D eigenvalue weighted by Gasteiger charge is 2.17. The van der Waals surface area contributed by atoms with Gasteiger partial charge in [0.05, 0.1) is 12.8 Å². The normalized spacial score (nSPS) is 12.1. The molecule has 1 amide bonds. The Balaban J connectivity index is 1.99. The van der Waals surface area contributed by atoms with Gasteiger partial charge in [-0.1, -0.05) is 0 Å². The number of carboxylic acid groups (broad SMARTS) is 1. The smallest absolute Gasteiger partial charge is 0.334 e. The summed E-state index contributed by atoms with van der Waals surface area (Å²) in [5.41, 5.74) is 0.147. The van der Waals surface area contributed by atoms with Crippen molar-refractivity contribution < 1.29 is 24.2 Å². The molecule has 0 saturated heterocycles. The van der Waals surface area contributed by atoms with E-state index in [9.17, 15) is 9.59 Å². The summed E-state index contributed by atoms with van der Waals surface area (Å²) in [6.07, 6.45) is -0.133. The Hall–Kier alpha value is -2.19. The average Bonchev–Trinajstić information content (AvgIpc) is 3.04. The van der Waals surface area contributed by atoms with E-state index in [4.69, 9.17) is 14.6 Å². The third kappa shape index (κ3) is 3.18. The largest absolute Gasteiger partial charge is 0.479 e. The van der Waals surface area contributed by atoms with Gasteiger partial charge in [0, 0.05) is 5.38 Å². The van der Waals surface area contributed by atoms with Gasteiger partial charge in [-0.25, -0.2) is 9.78 Å². The second-order valence-electron chi connectivity index (χ2n) is 3.58. The van der Waals surface area contributed by atoms with Crippen LogP contribution in [0.15, 0.2) is 28.2 Å². The molecule has 0 aliphatic rings. The molecule has 0 unspecified atom stereocenters. The molecule has 0 radical (unpaired) electrons. The summed E-state index contributed by atoms with van der Waals surface area (Å²) in [5.74, 6) is -1.39. The Morgan fingerprint density at radius 3 is 2.95 bits per heavy atom. The van der Waals surface area contributed by atoms with Gasteiger partial charge in [0.2, 0.25) is 0 Å². The van der Waals surface area contributed by atoms with Gasteiger partial charge in [-0.3, -0.25) is 4.79 Å². The summed E-state index contributed by atoms with van der Waals surface area (Å²) in [5, 5.41) is 21.9. The molecule has 0 aromatic carbocycles. The van der Waals surface area contributed by atoms with Crippen LogP contribution in [0, 0.1) is 0 Å². The highest BCUT2D eigenvalue weighted by molar-refractivity contribution is 7.13. The van der Waals surface area contributed by atoms with Gasteiger partial charge in [0.1, 0.15) is 5.69 Å². The number of furan rings is 1. The summed E-state index contributed by atoms with van der Waals surface area (Å²) in [7, 11) is 0. The van der Waals surface area contributed by atoms with Crippen LogP contribution >= 0.6 is 11.3 Å². The minimum atomic E-state index is -1.63. The third-order valence-corrected chi connectivity index (χ3v) is 3.07. The van der Waals surface area contributed by atoms with Gasteiger partial charge >= 0.3 is 5.97 Å². The Morgan fingerprint density at radius 2 is 2.32 bits per heavy atom. The molecule has 2 rings (SSSR count). The van der Waals surface area contributed by atoms with E-state index in [0.717, 1.165) is 0 Å². The van der Waals surface area contributed by atoms with Crippen LogP contribution in [0.4, 0.5) is 0 Å². The predicted octanol–water partition coefficient (Wildman–Crippen LogP) is 0.578. The topological polar surface area (TPSA) is 113 Å². The first-order chi connectivity index (χ1) is 9.08. The van der Waals surface area contributed by atoms with Crippen LogP contribution in [0.25, 0.3) is 10.8 Å². The van der Waals surface area contributed by atoms with Crippen LogP contribution < -0.4 is 5.32 Å². The number of aromatic nitrogens is 1. The molecule has 0 spiro atoms. The summed E-state index contributed by atoms with van der Waals surface area (Å²) < 4.78 is 5.14. The molecule has 0 bridgehead atoms. The number of carbonyl (C=O) groups excluding carboxylic acids is 1. The molecule has 0 aliphatic heterocycles. The lowest BCUT2D eigenvalue weighted by molar-refractivity contribution is -0.146. The molecule has 3 N–H and O–H groups in total.